The van der Waals surface area contributed by atoms with Crippen molar-refractivity contribution in [3.8, 4) is 0 Å². The highest BCUT2D eigenvalue weighted by atomic mass is 16.5. The number of anilines is 1. The molecule has 110 valence electrons. The zero-order valence-corrected chi connectivity index (χ0v) is 10.7. The maximum atomic E-state index is 9.83. The summed E-state index contributed by atoms with van der Waals surface area (Å²) >= 11 is 0. The molecule has 11 nitrogen and oxygen atoms in total. The first-order chi connectivity index (χ1) is 10.2. The van der Waals surface area contributed by atoms with E-state index in [9.17, 15) is 5.11 Å². The largest absolute Gasteiger partial charge is 0.394 e. The summed E-state index contributed by atoms with van der Waals surface area (Å²) < 4.78 is 6.98. The molecule has 1 unspecified atom stereocenters. The van der Waals surface area contributed by atoms with Crippen molar-refractivity contribution in [2.45, 2.75) is 24.9 Å². The van der Waals surface area contributed by atoms with E-state index in [1.807, 2.05) is 0 Å². The molecule has 0 bridgehead atoms. The third kappa shape index (κ3) is 2.14. The number of rotatable bonds is 3. The minimum Gasteiger partial charge on any atom is -0.394 e. The lowest BCUT2D eigenvalue weighted by Crippen LogP contribution is -2.24. The molecule has 11 heteroatoms. The van der Waals surface area contributed by atoms with Crippen LogP contribution in [0, 0.1) is 0 Å². The minimum absolute atomic E-state index is 0.00971. The average molecular weight is 292 g/mol. The fourth-order valence-corrected chi connectivity index (χ4v) is 2.33. The van der Waals surface area contributed by atoms with Crippen LogP contribution in [-0.2, 0) is 4.74 Å². The summed E-state index contributed by atoms with van der Waals surface area (Å²) in [6, 6.07) is 0. The first kappa shape index (κ1) is 13.5. The Balaban J connectivity index is 2.14. The number of ether oxygens (including phenoxy) is 1. The highest BCUT2D eigenvalue weighted by molar-refractivity contribution is 5.83. The molecule has 1 fully saturated rings. The Kier molecular flexibility index (Phi) is 3.31. The summed E-state index contributed by atoms with van der Waals surface area (Å²) in [6.45, 7) is -0.321. The normalized spacial score (nSPS) is 25.1. The minimum atomic E-state index is -0.837. The first-order valence-electron chi connectivity index (χ1n) is 6.13. The van der Waals surface area contributed by atoms with E-state index in [2.05, 4.69) is 25.0 Å². The van der Waals surface area contributed by atoms with Gasteiger partial charge in [0.25, 0.3) is 0 Å². The molecule has 2 aromatic heterocycles. The number of nitrogen functional groups attached to an aromatic ring is 1. The fourth-order valence-electron chi connectivity index (χ4n) is 2.33. The van der Waals surface area contributed by atoms with Gasteiger partial charge in [-0.2, -0.15) is 0 Å². The Labute approximate surface area is 117 Å². The van der Waals surface area contributed by atoms with Gasteiger partial charge in [-0.15, -0.1) is 0 Å². The zero-order chi connectivity index (χ0) is 15.0. The number of hydrogen-bond acceptors (Lipinski definition) is 8. The van der Waals surface area contributed by atoms with Crippen molar-refractivity contribution in [1.29, 1.82) is 0 Å². The Hall–Kier alpha value is -2.46. The van der Waals surface area contributed by atoms with Crippen molar-refractivity contribution >= 4 is 22.9 Å². The van der Waals surface area contributed by atoms with E-state index < -0.39 is 18.4 Å². The molecule has 0 spiro atoms. The van der Waals surface area contributed by atoms with E-state index in [1.54, 1.807) is 0 Å². The lowest BCUT2D eigenvalue weighted by atomic mass is 10.2. The van der Waals surface area contributed by atoms with Gasteiger partial charge in [-0.1, -0.05) is 0 Å². The van der Waals surface area contributed by atoms with Crippen LogP contribution < -0.4 is 5.73 Å². The third-order valence-corrected chi connectivity index (χ3v) is 3.29. The van der Waals surface area contributed by atoms with E-state index in [0.717, 1.165) is 0 Å². The molecule has 3 atom stereocenters. The maximum Gasteiger partial charge on any atom is 0.201 e. The third-order valence-electron chi connectivity index (χ3n) is 3.29. The number of azide groups is 1. The zero-order valence-electron chi connectivity index (χ0n) is 10.7. The Morgan fingerprint density at radius 1 is 1.57 bits per heavy atom. The van der Waals surface area contributed by atoms with Crippen LogP contribution in [0.5, 0.6) is 0 Å². The van der Waals surface area contributed by atoms with Gasteiger partial charge >= 0.3 is 0 Å². The summed E-state index contributed by atoms with van der Waals surface area (Å²) in [5.41, 5.74) is 15.0. The van der Waals surface area contributed by atoms with Crippen LogP contribution in [0.3, 0.4) is 0 Å². The van der Waals surface area contributed by atoms with Crippen molar-refractivity contribution in [2.75, 3.05) is 12.3 Å². The first-order valence-corrected chi connectivity index (χ1v) is 6.13. The maximum absolute atomic E-state index is 9.83. The molecule has 0 amide bonds. The lowest BCUT2D eigenvalue weighted by Gasteiger charge is -2.14. The number of imidazole rings is 1. The second-order valence-corrected chi connectivity index (χ2v) is 4.52. The smallest absolute Gasteiger partial charge is 0.201 e. The molecule has 0 saturated carbocycles. The van der Waals surface area contributed by atoms with E-state index in [4.69, 9.17) is 21.1 Å². The van der Waals surface area contributed by atoms with Gasteiger partial charge in [0.1, 0.15) is 18.7 Å². The van der Waals surface area contributed by atoms with Crippen LogP contribution in [0.15, 0.2) is 11.4 Å². The van der Waals surface area contributed by atoms with Gasteiger partial charge in [0.2, 0.25) is 5.95 Å². The summed E-state index contributed by atoms with van der Waals surface area (Å²) in [4.78, 5) is 14.7. The number of aromatic nitrogens is 4. The molecule has 4 N–H and O–H groups in total. The van der Waals surface area contributed by atoms with Gasteiger partial charge in [-0.25, -0.2) is 15.0 Å². The topological polar surface area (TPSA) is 168 Å². The molecule has 1 aliphatic heterocycles. The van der Waals surface area contributed by atoms with Crippen molar-refractivity contribution in [3.05, 3.63) is 16.8 Å². The quantitative estimate of drug-likeness (QED) is 0.406. The molecule has 3 heterocycles. The van der Waals surface area contributed by atoms with E-state index in [1.165, 1.54) is 10.9 Å². The van der Waals surface area contributed by atoms with Crippen LogP contribution in [-0.4, -0.2) is 48.5 Å². The number of fused-ring (bicyclic) bond motifs is 1. The van der Waals surface area contributed by atoms with Gasteiger partial charge in [0, 0.05) is 11.3 Å². The molecule has 2 aromatic rings. The van der Waals surface area contributed by atoms with Gasteiger partial charge in [0.05, 0.1) is 12.7 Å². The molecule has 1 saturated heterocycles. The van der Waals surface area contributed by atoms with Crippen LogP contribution in [0.25, 0.3) is 21.6 Å². The SMILES string of the molecule is [N-]=[N+]=Nc1nc2c(N)ncnc2n1[C@H]1CC(O)[C@@H](CO)O1. The van der Waals surface area contributed by atoms with Crippen molar-refractivity contribution < 1.29 is 14.9 Å². The van der Waals surface area contributed by atoms with Crippen LogP contribution in [0.2, 0.25) is 0 Å². The summed E-state index contributed by atoms with van der Waals surface area (Å²) in [6.07, 6.45) is -0.767. The van der Waals surface area contributed by atoms with Crippen molar-refractivity contribution in [1.82, 2.24) is 19.5 Å². The molecular weight excluding hydrogens is 280 g/mol. The Bertz CT molecular complexity index is 724. The summed E-state index contributed by atoms with van der Waals surface area (Å²) in [5.74, 6) is 0.154. The van der Waals surface area contributed by atoms with E-state index in [0.29, 0.717) is 5.65 Å². The van der Waals surface area contributed by atoms with Gasteiger partial charge in [-0.3, -0.25) is 4.57 Å². The Morgan fingerprint density at radius 3 is 3.05 bits per heavy atom. The molecule has 3 rings (SSSR count). The van der Waals surface area contributed by atoms with Gasteiger partial charge in [0.15, 0.2) is 17.0 Å². The number of aliphatic hydroxyl groups is 2. The van der Waals surface area contributed by atoms with Crippen LogP contribution in [0.1, 0.15) is 12.6 Å². The predicted molar refractivity (Wildman–Crippen MR) is 70.2 cm³/mol. The molecular formula is C10H12N8O3. The average Bonchev–Trinajstić information content (AvgIpc) is 3.00. The second-order valence-electron chi connectivity index (χ2n) is 4.52. The van der Waals surface area contributed by atoms with E-state index >= 15 is 0 Å². The highest BCUT2D eigenvalue weighted by Gasteiger charge is 2.36. The van der Waals surface area contributed by atoms with Crippen molar-refractivity contribution in [2.24, 2.45) is 5.11 Å². The Morgan fingerprint density at radius 2 is 2.38 bits per heavy atom. The molecule has 0 aromatic carbocycles. The van der Waals surface area contributed by atoms with Gasteiger partial charge in [-0.05, 0) is 10.6 Å². The molecule has 0 radical (unpaired) electrons. The van der Waals surface area contributed by atoms with Crippen LogP contribution >= 0.6 is 0 Å². The standard InChI is InChI=1S/C10H12N8O3/c11-8-7-9(14-3-13-8)18(10(15-7)16-17-12)6-1-4(20)5(2-19)21-6/h3-6,19-20H,1-2H2,(H2,11,13,14)/t4?,5-,6-/m1/s1. The van der Waals surface area contributed by atoms with Gasteiger partial charge < -0.3 is 20.7 Å². The van der Waals surface area contributed by atoms with E-state index in [-0.39, 0.29) is 30.3 Å². The number of nitrogens with zero attached hydrogens (tertiary/aromatic N) is 7. The van der Waals surface area contributed by atoms with Crippen LogP contribution in [0.4, 0.5) is 11.8 Å². The summed E-state index contributed by atoms with van der Waals surface area (Å²) in [5, 5.41) is 22.5. The highest BCUT2D eigenvalue weighted by Crippen LogP contribution is 2.35. The molecule has 1 aliphatic rings. The van der Waals surface area contributed by atoms with Crippen molar-refractivity contribution in [3.63, 3.8) is 0 Å². The number of nitrogens with two attached hydrogens (primary N) is 1. The predicted octanol–water partition coefficient (Wildman–Crippen LogP) is -0.00900. The molecule has 0 aliphatic carbocycles. The lowest BCUT2D eigenvalue weighted by molar-refractivity contribution is -0.0426. The summed E-state index contributed by atoms with van der Waals surface area (Å²) in [7, 11) is 0. The molecule has 21 heavy (non-hydrogen) atoms. The number of aliphatic hydroxyl groups excluding tert-OH is 2. The number of hydrogen-bond donors (Lipinski definition) is 3. The fraction of sp³-hybridized carbons (Fsp3) is 0.500. The second kappa shape index (κ2) is 5.14. The monoisotopic (exact) mass is 292 g/mol.